The molecule has 0 saturated carbocycles. The molecule has 1 atom stereocenters. The van der Waals surface area contributed by atoms with Crippen LogP contribution in [0.3, 0.4) is 0 Å². The summed E-state index contributed by atoms with van der Waals surface area (Å²) in [6.07, 6.45) is 15.6. The van der Waals surface area contributed by atoms with E-state index in [9.17, 15) is 0 Å². The fraction of sp³-hybridized carbons (Fsp3) is 0.0323. The minimum absolute atomic E-state index is 0.188. The van der Waals surface area contributed by atoms with Crippen LogP contribution in [0.5, 0.6) is 0 Å². The van der Waals surface area contributed by atoms with Crippen molar-refractivity contribution >= 4 is 44.5 Å². The molecule has 0 spiro atoms. The van der Waals surface area contributed by atoms with Crippen molar-refractivity contribution < 1.29 is 0 Å². The number of anilines is 1. The number of allylic oxidation sites excluding steroid dienone is 4. The molecule has 1 unspecified atom stereocenters. The number of hydrogen-bond donors (Lipinski definition) is 2. The number of fused-ring (bicyclic) bond motifs is 8. The maximum Gasteiger partial charge on any atom is 0.0696 e. The first-order chi connectivity index (χ1) is 31.7. The number of para-hydroxylation sites is 1. The summed E-state index contributed by atoms with van der Waals surface area (Å²) in [6, 6.07) is 64.2. The lowest BCUT2D eigenvalue weighted by Crippen LogP contribution is -2.27. The Morgan fingerprint density at radius 2 is 0.922 bits per heavy atom. The number of hydrogen-bond acceptors (Lipinski definition) is 2. The Bertz CT molecular complexity index is 3490. The van der Waals surface area contributed by atoms with Crippen molar-refractivity contribution in [2.75, 3.05) is 11.9 Å². The van der Waals surface area contributed by atoms with Gasteiger partial charge in [-0.3, -0.25) is 0 Å². The molecule has 0 bridgehead atoms. The minimum Gasteiger partial charge on any atom is -0.380 e. The monoisotopic (exact) mass is 812 g/mol. The Hall–Kier alpha value is -8.20. The van der Waals surface area contributed by atoms with Gasteiger partial charge in [-0.05, 0) is 187 Å². The molecule has 2 heteroatoms. The van der Waals surface area contributed by atoms with E-state index in [0.29, 0.717) is 0 Å². The minimum atomic E-state index is 0.188. The van der Waals surface area contributed by atoms with E-state index >= 15 is 0 Å². The zero-order valence-electron chi connectivity index (χ0n) is 35.0. The molecule has 2 N–H and O–H groups in total. The second-order valence-electron chi connectivity index (χ2n) is 17.7. The largest absolute Gasteiger partial charge is 0.380 e. The summed E-state index contributed by atoms with van der Waals surface area (Å²) in [4.78, 5) is 0. The van der Waals surface area contributed by atoms with Crippen molar-refractivity contribution in [3.8, 4) is 77.9 Å². The van der Waals surface area contributed by atoms with E-state index in [-0.39, 0.29) is 6.04 Å². The molecule has 9 aromatic carbocycles. The van der Waals surface area contributed by atoms with E-state index in [1.165, 1.54) is 139 Å². The molecule has 0 amide bonds. The van der Waals surface area contributed by atoms with E-state index < -0.39 is 0 Å². The normalized spacial score (nSPS) is 15.7. The molecule has 0 aromatic heterocycles. The predicted molar refractivity (Wildman–Crippen MR) is 271 cm³/mol. The van der Waals surface area contributed by atoms with Gasteiger partial charge in [-0.25, -0.2) is 0 Å². The Kier molecular flexibility index (Phi) is 7.55. The van der Waals surface area contributed by atoms with Gasteiger partial charge in [0.05, 0.1) is 6.04 Å². The van der Waals surface area contributed by atoms with Gasteiger partial charge < -0.3 is 10.6 Å². The molecule has 14 rings (SSSR count). The first kappa shape index (κ1) is 35.4. The molecule has 0 saturated heterocycles. The van der Waals surface area contributed by atoms with Crippen molar-refractivity contribution in [2.45, 2.75) is 6.04 Å². The van der Waals surface area contributed by atoms with Crippen LogP contribution in [0.1, 0.15) is 16.7 Å². The van der Waals surface area contributed by atoms with Gasteiger partial charge in [-0.2, -0.15) is 0 Å². The standard InChI is InChI=1S/C62H40N2/c1-7-21-59-37(11-1)27-45(35-63-59)41-29-39(30-42(31-41)46-28-38-12-2-8-22-60(38)64-36-46)40-32-43(47-23-25-57-51-15-5-3-13-49(51)55-19-9-17-53(47)61(55)57)34-44(33-40)48-24-26-58-52-16-6-4-14-50(52)56-20-10-18-54(48)62(56)58/h1-35,59,63-64H,36H2. The summed E-state index contributed by atoms with van der Waals surface area (Å²) in [5.74, 6) is 0. The van der Waals surface area contributed by atoms with E-state index in [0.717, 1.165) is 6.54 Å². The maximum atomic E-state index is 3.72. The first-order valence-electron chi connectivity index (χ1n) is 22.4. The highest BCUT2D eigenvalue weighted by Crippen LogP contribution is 2.52. The molecular weight excluding hydrogens is 773 g/mol. The lowest BCUT2D eigenvalue weighted by atomic mass is 9.86. The predicted octanol–water partition coefficient (Wildman–Crippen LogP) is 15.6. The summed E-state index contributed by atoms with van der Waals surface area (Å²) in [5, 5.41) is 12.6. The molecule has 298 valence electrons. The highest BCUT2D eigenvalue weighted by molar-refractivity contribution is 6.20. The second kappa shape index (κ2) is 13.6. The van der Waals surface area contributed by atoms with Gasteiger partial charge in [0, 0.05) is 18.4 Å². The molecule has 0 fully saturated rings. The first-order valence-corrected chi connectivity index (χ1v) is 22.4. The summed E-state index contributed by atoms with van der Waals surface area (Å²) < 4.78 is 0. The van der Waals surface area contributed by atoms with Gasteiger partial charge in [0.15, 0.2) is 0 Å². The van der Waals surface area contributed by atoms with Crippen LogP contribution in [-0.2, 0) is 0 Å². The molecule has 2 heterocycles. The second-order valence-corrected chi connectivity index (χ2v) is 17.7. The summed E-state index contributed by atoms with van der Waals surface area (Å²) in [6.45, 7) is 0.755. The Labute approximate surface area is 372 Å². The summed E-state index contributed by atoms with van der Waals surface area (Å²) in [5.41, 5.74) is 26.3. The highest BCUT2D eigenvalue weighted by Gasteiger charge is 2.26. The molecule has 64 heavy (non-hydrogen) atoms. The quantitative estimate of drug-likeness (QED) is 0.181. The third-order valence-electron chi connectivity index (χ3n) is 14.2. The molecule has 0 radical (unpaired) electrons. The molecular formula is C62H40N2. The van der Waals surface area contributed by atoms with Gasteiger partial charge >= 0.3 is 0 Å². The van der Waals surface area contributed by atoms with E-state index in [4.69, 9.17) is 0 Å². The van der Waals surface area contributed by atoms with Crippen molar-refractivity contribution in [1.29, 1.82) is 0 Å². The number of benzene rings is 9. The average molecular weight is 813 g/mol. The molecule has 5 aliphatic rings. The lowest BCUT2D eigenvalue weighted by Gasteiger charge is -2.24. The third kappa shape index (κ3) is 5.33. The number of nitrogens with one attached hydrogen (secondary N) is 2. The Balaban J connectivity index is 1.01. The van der Waals surface area contributed by atoms with Crippen LogP contribution in [0, 0.1) is 0 Å². The van der Waals surface area contributed by atoms with Crippen LogP contribution < -0.4 is 10.6 Å². The third-order valence-corrected chi connectivity index (χ3v) is 14.2. The topological polar surface area (TPSA) is 24.1 Å². The number of rotatable bonds is 5. The number of dihydropyridines is 1. The summed E-state index contributed by atoms with van der Waals surface area (Å²) >= 11 is 0. The molecule has 2 nitrogen and oxygen atoms in total. The highest BCUT2D eigenvalue weighted by atomic mass is 14.9. The molecule has 9 aromatic rings. The van der Waals surface area contributed by atoms with Crippen LogP contribution in [0.4, 0.5) is 5.69 Å². The van der Waals surface area contributed by atoms with Gasteiger partial charge in [0.2, 0.25) is 0 Å². The SMILES string of the molecule is C1=CC2=CC(c3cc(C4=Cc5ccccc5NC4)cc(-c4cc(-c5ccc6c7c(cccc57)-c5ccccc5-6)cc(-c5ccc6c7c(cccc57)-c5ccccc5-6)c4)c3)=CNC2C=C1. The van der Waals surface area contributed by atoms with Gasteiger partial charge in [0.1, 0.15) is 0 Å². The lowest BCUT2D eigenvalue weighted by molar-refractivity contribution is 0.798. The van der Waals surface area contributed by atoms with Crippen LogP contribution in [0.2, 0.25) is 0 Å². The van der Waals surface area contributed by atoms with E-state index in [1.54, 1.807) is 0 Å². The van der Waals surface area contributed by atoms with Gasteiger partial charge in [-0.15, -0.1) is 0 Å². The van der Waals surface area contributed by atoms with Crippen molar-refractivity contribution in [3.63, 3.8) is 0 Å². The molecule has 3 aliphatic carbocycles. The van der Waals surface area contributed by atoms with Crippen molar-refractivity contribution in [2.24, 2.45) is 0 Å². The zero-order chi connectivity index (χ0) is 41.9. The smallest absolute Gasteiger partial charge is 0.0696 e. The fourth-order valence-corrected chi connectivity index (χ4v) is 11.2. The zero-order valence-corrected chi connectivity index (χ0v) is 35.0. The van der Waals surface area contributed by atoms with Crippen LogP contribution >= 0.6 is 0 Å². The van der Waals surface area contributed by atoms with Crippen LogP contribution in [0.15, 0.2) is 212 Å². The fourth-order valence-electron chi connectivity index (χ4n) is 11.2. The maximum absolute atomic E-state index is 3.72. The van der Waals surface area contributed by atoms with Crippen LogP contribution in [-0.4, -0.2) is 12.6 Å². The van der Waals surface area contributed by atoms with Crippen molar-refractivity contribution in [3.05, 3.63) is 229 Å². The summed E-state index contributed by atoms with van der Waals surface area (Å²) in [7, 11) is 0. The van der Waals surface area contributed by atoms with Gasteiger partial charge in [-0.1, -0.05) is 152 Å². The molecule has 2 aliphatic heterocycles. The van der Waals surface area contributed by atoms with Crippen molar-refractivity contribution in [1.82, 2.24) is 5.32 Å². The van der Waals surface area contributed by atoms with E-state index in [2.05, 4.69) is 223 Å². The van der Waals surface area contributed by atoms with Crippen LogP contribution in [0.25, 0.3) is 117 Å². The average Bonchev–Trinajstić information content (AvgIpc) is 3.87. The Morgan fingerprint density at radius 3 is 1.58 bits per heavy atom. The van der Waals surface area contributed by atoms with E-state index in [1.807, 2.05) is 0 Å². The van der Waals surface area contributed by atoms with Gasteiger partial charge in [0.25, 0.3) is 0 Å². The Morgan fingerprint density at radius 1 is 0.406 bits per heavy atom.